The van der Waals surface area contributed by atoms with Crippen LogP contribution in [0.25, 0.3) is 22.6 Å². The number of hydrogen-bond donors (Lipinski definition) is 1. The fraction of sp³-hybridized carbons (Fsp3) is 0. The Hall–Kier alpha value is -4.00. The van der Waals surface area contributed by atoms with Gasteiger partial charge >= 0.3 is 0 Å². The number of amides is 1. The van der Waals surface area contributed by atoms with Crippen LogP contribution in [0.15, 0.2) is 77.2 Å². The molecule has 0 saturated heterocycles. The molecule has 0 radical (unpaired) electrons. The van der Waals surface area contributed by atoms with Crippen LogP contribution in [0.5, 0.6) is 0 Å². The van der Waals surface area contributed by atoms with E-state index < -0.39 is 10.8 Å². The summed E-state index contributed by atoms with van der Waals surface area (Å²) in [6, 6.07) is 20.1. The summed E-state index contributed by atoms with van der Waals surface area (Å²) in [5.41, 5.74) is 2.74. The van der Waals surface area contributed by atoms with Crippen LogP contribution in [-0.4, -0.2) is 15.8 Å². The molecule has 0 atom stereocenters. The summed E-state index contributed by atoms with van der Waals surface area (Å²) >= 11 is 0. The molecule has 0 unspecified atom stereocenters. The van der Waals surface area contributed by atoms with Gasteiger partial charge in [-0.3, -0.25) is 14.9 Å². The van der Waals surface area contributed by atoms with E-state index >= 15 is 0 Å². The van der Waals surface area contributed by atoms with Gasteiger partial charge in [0.1, 0.15) is 5.52 Å². The second-order valence-corrected chi connectivity index (χ2v) is 5.83. The molecule has 7 nitrogen and oxygen atoms in total. The summed E-state index contributed by atoms with van der Waals surface area (Å²) < 4.78 is 5.74. The number of nitro groups is 1. The minimum atomic E-state index is -0.537. The lowest BCUT2D eigenvalue weighted by Crippen LogP contribution is -2.12. The zero-order chi connectivity index (χ0) is 18.8. The highest BCUT2D eigenvalue weighted by Gasteiger charge is 2.13. The summed E-state index contributed by atoms with van der Waals surface area (Å²) in [6.45, 7) is 0. The molecule has 0 bridgehead atoms. The number of non-ortho nitro benzene ring substituents is 1. The van der Waals surface area contributed by atoms with E-state index in [4.69, 9.17) is 4.42 Å². The first-order valence-corrected chi connectivity index (χ1v) is 8.12. The molecule has 7 heteroatoms. The standard InChI is InChI=1S/C20H13N3O4/c24-19(13-5-4-8-16(12-13)23(25)26)21-15-7-3-6-14(11-15)20-22-17-9-1-2-10-18(17)27-20/h1-12H,(H,21,24). The van der Waals surface area contributed by atoms with Crippen molar-refractivity contribution in [2.45, 2.75) is 0 Å². The van der Waals surface area contributed by atoms with Gasteiger partial charge in [0.2, 0.25) is 5.89 Å². The first-order valence-electron chi connectivity index (χ1n) is 8.12. The van der Waals surface area contributed by atoms with Crippen LogP contribution in [0.2, 0.25) is 0 Å². The molecule has 0 aliphatic rings. The van der Waals surface area contributed by atoms with Crippen LogP contribution in [0.3, 0.4) is 0 Å². The molecule has 27 heavy (non-hydrogen) atoms. The molecule has 132 valence electrons. The number of oxazole rings is 1. The topological polar surface area (TPSA) is 98.3 Å². The summed E-state index contributed by atoms with van der Waals surface area (Å²) in [7, 11) is 0. The number of nitrogens with one attached hydrogen (secondary N) is 1. The minimum absolute atomic E-state index is 0.136. The quantitative estimate of drug-likeness (QED) is 0.422. The molecule has 1 amide bonds. The van der Waals surface area contributed by atoms with Crippen molar-refractivity contribution in [3.63, 3.8) is 0 Å². The lowest BCUT2D eigenvalue weighted by atomic mass is 10.1. The van der Waals surface area contributed by atoms with Crippen LogP contribution in [0, 0.1) is 10.1 Å². The largest absolute Gasteiger partial charge is 0.436 e. The van der Waals surface area contributed by atoms with Gasteiger partial charge in [0.05, 0.1) is 4.92 Å². The average molecular weight is 359 g/mol. The smallest absolute Gasteiger partial charge is 0.270 e. The van der Waals surface area contributed by atoms with E-state index in [0.717, 1.165) is 5.52 Å². The summed E-state index contributed by atoms with van der Waals surface area (Å²) in [4.78, 5) is 27.2. The second-order valence-electron chi connectivity index (χ2n) is 5.83. The highest BCUT2D eigenvalue weighted by Crippen LogP contribution is 2.26. The number of rotatable bonds is 4. The van der Waals surface area contributed by atoms with Gasteiger partial charge in [0.15, 0.2) is 5.58 Å². The van der Waals surface area contributed by atoms with Crippen molar-refractivity contribution in [3.05, 3.63) is 88.5 Å². The number of fused-ring (bicyclic) bond motifs is 1. The molecule has 0 aliphatic heterocycles. The molecular formula is C20H13N3O4. The lowest BCUT2D eigenvalue weighted by molar-refractivity contribution is -0.384. The SMILES string of the molecule is O=C(Nc1cccc(-c2nc3ccccc3o2)c1)c1cccc([N+](=O)[O-])c1. The summed E-state index contributed by atoms with van der Waals surface area (Å²) in [5, 5.41) is 13.6. The first-order chi connectivity index (χ1) is 13.1. The zero-order valence-electron chi connectivity index (χ0n) is 14.0. The van der Waals surface area contributed by atoms with Crippen molar-refractivity contribution in [1.29, 1.82) is 0 Å². The maximum absolute atomic E-state index is 12.4. The van der Waals surface area contributed by atoms with Gasteiger partial charge in [-0.1, -0.05) is 24.3 Å². The third kappa shape index (κ3) is 3.38. The molecule has 1 heterocycles. The Kier molecular flexibility index (Phi) is 4.10. The Bertz CT molecular complexity index is 1130. The van der Waals surface area contributed by atoms with Crippen molar-refractivity contribution in [2.75, 3.05) is 5.32 Å². The van der Waals surface area contributed by atoms with E-state index in [9.17, 15) is 14.9 Å². The number of anilines is 1. The number of aromatic nitrogens is 1. The third-order valence-corrected chi connectivity index (χ3v) is 3.98. The average Bonchev–Trinajstić information content (AvgIpc) is 3.12. The van der Waals surface area contributed by atoms with Gasteiger partial charge in [-0.2, -0.15) is 0 Å². The van der Waals surface area contributed by atoms with Crippen LogP contribution in [0.1, 0.15) is 10.4 Å². The summed E-state index contributed by atoms with van der Waals surface area (Å²) in [6.07, 6.45) is 0. The molecule has 0 spiro atoms. The van der Waals surface area contributed by atoms with E-state index in [2.05, 4.69) is 10.3 Å². The van der Waals surface area contributed by atoms with Gasteiger partial charge in [-0.05, 0) is 36.4 Å². The third-order valence-electron chi connectivity index (χ3n) is 3.98. The van der Waals surface area contributed by atoms with E-state index in [0.29, 0.717) is 22.7 Å². The van der Waals surface area contributed by atoms with Gasteiger partial charge in [-0.15, -0.1) is 0 Å². The van der Waals surface area contributed by atoms with Gasteiger partial charge < -0.3 is 9.73 Å². The van der Waals surface area contributed by atoms with E-state index in [1.165, 1.54) is 24.3 Å². The number of hydrogen-bond acceptors (Lipinski definition) is 5. The predicted molar refractivity (Wildman–Crippen MR) is 100 cm³/mol. The fourth-order valence-corrected chi connectivity index (χ4v) is 2.69. The Morgan fingerprint density at radius 1 is 1.00 bits per heavy atom. The Labute approximate surface area is 153 Å². The number of nitro benzene ring substituents is 1. The van der Waals surface area contributed by atoms with Crippen molar-refractivity contribution in [3.8, 4) is 11.5 Å². The normalized spacial score (nSPS) is 10.7. The highest BCUT2D eigenvalue weighted by atomic mass is 16.6. The maximum Gasteiger partial charge on any atom is 0.270 e. The van der Waals surface area contributed by atoms with E-state index in [-0.39, 0.29) is 11.3 Å². The van der Waals surface area contributed by atoms with Gasteiger partial charge in [0.25, 0.3) is 11.6 Å². The minimum Gasteiger partial charge on any atom is -0.436 e. The molecule has 1 aromatic heterocycles. The van der Waals surface area contributed by atoms with Crippen LogP contribution in [-0.2, 0) is 0 Å². The first kappa shape index (κ1) is 16.5. The number of carbonyl (C=O) groups is 1. The molecule has 0 saturated carbocycles. The Morgan fingerprint density at radius 2 is 1.81 bits per heavy atom. The van der Waals surface area contributed by atoms with Gasteiger partial charge in [-0.25, -0.2) is 4.98 Å². The van der Waals surface area contributed by atoms with Crippen molar-refractivity contribution in [1.82, 2.24) is 4.98 Å². The van der Waals surface area contributed by atoms with Crippen molar-refractivity contribution < 1.29 is 14.1 Å². The van der Waals surface area contributed by atoms with Crippen molar-refractivity contribution >= 4 is 28.4 Å². The molecule has 4 rings (SSSR count). The number of para-hydroxylation sites is 2. The number of carbonyl (C=O) groups excluding carboxylic acids is 1. The molecule has 1 N–H and O–H groups in total. The fourth-order valence-electron chi connectivity index (χ4n) is 2.69. The molecule has 0 fully saturated rings. The van der Waals surface area contributed by atoms with Gasteiger partial charge in [0, 0.05) is 28.9 Å². The van der Waals surface area contributed by atoms with Crippen LogP contribution >= 0.6 is 0 Å². The van der Waals surface area contributed by atoms with Crippen LogP contribution < -0.4 is 5.32 Å². The molecule has 0 aliphatic carbocycles. The Balaban J connectivity index is 1.60. The number of benzene rings is 3. The zero-order valence-corrected chi connectivity index (χ0v) is 14.0. The van der Waals surface area contributed by atoms with E-state index in [1.807, 2.05) is 30.3 Å². The highest BCUT2D eigenvalue weighted by molar-refractivity contribution is 6.04. The van der Waals surface area contributed by atoms with Crippen molar-refractivity contribution in [2.24, 2.45) is 0 Å². The van der Waals surface area contributed by atoms with Crippen LogP contribution in [0.4, 0.5) is 11.4 Å². The Morgan fingerprint density at radius 3 is 2.63 bits per heavy atom. The second kappa shape index (κ2) is 6.72. The molecular weight excluding hydrogens is 346 g/mol. The predicted octanol–water partition coefficient (Wildman–Crippen LogP) is 4.66. The maximum atomic E-state index is 12.4. The molecule has 4 aromatic rings. The summed E-state index contributed by atoms with van der Waals surface area (Å²) in [5.74, 6) is 0.0102. The lowest BCUT2D eigenvalue weighted by Gasteiger charge is -2.06. The van der Waals surface area contributed by atoms with E-state index in [1.54, 1.807) is 18.2 Å². The monoisotopic (exact) mass is 359 g/mol. The number of nitrogens with zero attached hydrogens (tertiary/aromatic N) is 2. The molecule has 3 aromatic carbocycles.